The lowest BCUT2D eigenvalue weighted by atomic mass is 10.2. The fraction of sp³-hybridized carbons (Fsp3) is 0.286. The molecule has 0 saturated carbocycles. The quantitative estimate of drug-likeness (QED) is 0.656. The molecule has 0 saturated heterocycles. The molecular weight excluding hydrogens is 333 g/mol. The highest BCUT2D eigenvalue weighted by molar-refractivity contribution is 9.09. The number of hydrogen-bond acceptors (Lipinski definition) is 0. The average molecular weight is 349 g/mol. The van der Waals surface area contributed by atoms with E-state index in [9.17, 15) is 0 Å². The number of aromatic nitrogens is 1. The lowest BCUT2D eigenvalue weighted by Crippen LogP contribution is -1.93. The van der Waals surface area contributed by atoms with Gasteiger partial charge in [-0.05, 0) is 30.2 Å². The van der Waals surface area contributed by atoms with Gasteiger partial charge in [-0.25, -0.2) is 0 Å². The van der Waals surface area contributed by atoms with Crippen LogP contribution in [0.5, 0.6) is 0 Å². The molecule has 0 aliphatic rings. The summed E-state index contributed by atoms with van der Waals surface area (Å²) in [6, 6.07) is 11.7. The van der Waals surface area contributed by atoms with E-state index in [1.54, 1.807) is 0 Å². The standard InChI is InChI=1S/C7H10BrN.C7H6Cl2/c8-4-3-7-9-5-1-2-6-9;8-5-6-3-1-2-4-7(6)9/h1-2,5-6H,3-4,7H2;1-4H,5H2. The van der Waals surface area contributed by atoms with Gasteiger partial charge in [0.1, 0.15) is 0 Å². The molecule has 0 unspecified atom stereocenters. The molecule has 0 radical (unpaired) electrons. The SMILES string of the molecule is BrCCCn1cccc1.ClCc1ccccc1Cl. The number of halogens is 3. The number of hydrogen-bond donors (Lipinski definition) is 0. The summed E-state index contributed by atoms with van der Waals surface area (Å²) in [6.07, 6.45) is 5.38. The predicted octanol–water partition coefficient (Wildman–Crippen LogP) is 5.35. The fourth-order valence-electron chi connectivity index (χ4n) is 1.37. The predicted molar refractivity (Wildman–Crippen MR) is 83.9 cm³/mol. The maximum atomic E-state index is 5.74. The van der Waals surface area contributed by atoms with E-state index >= 15 is 0 Å². The van der Waals surface area contributed by atoms with Gasteiger partial charge in [0, 0.05) is 35.2 Å². The lowest BCUT2D eigenvalue weighted by molar-refractivity contribution is 0.690. The largest absolute Gasteiger partial charge is 0.354 e. The van der Waals surface area contributed by atoms with Gasteiger partial charge in [-0.2, -0.15) is 0 Å². The second kappa shape index (κ2) is 9.48. The molecule has 4 heteroatoms. The van der Waals surface area contributed by atoms with E-state index in [1.165, 1.54) is 6.42 Å². The van der Waals surface area contributed by atoms with Gasteiger partial charge in [-0.15, -0.1) is 11.6 Å². The maximum Gasteiger partial charge on any atom is 0.0488 e. The Labute approximate surface area is 127 Å². The number of nitrogens with zero attached hydrogens (tertiary/aromatic N) is 1. The fourth-order valence-corrected chi connectivity index (χ4v) is 2.12. The molecule has 18 heavy (non-hydrogen) atoms. The minimum absolute atomic E-state index is 0.486. The van der Waals surface area contributed by atoms with Crippen LogP contribution in [0, 0.1) is 0 Å². The van der Waals surface area contributed by atoms with Gasteiger partial charge >= 0.3 is 0 Å². The second-order valence-electron chi connectivity index (χ2n) is 3.69. The van der Waals surface area contributed by atoms with Crippen LogP contribution in [0.3, 0.4) is 0 Å². The van der Waals surface area contributed by atoms with Gasteiger partial charge in [0.25, 0.3) is 0 Å². The molecule has 2 aromatic rings. The molecule has 1 aromatic heterocycles. The average Bonchev–Trinajstić information content (AvgIpc) is 2.91. The molecule has 0 fully saturated rings. The van der Waals surface area contributed by atoms with Gasteiger partial charge in [-0.3, -0.25) is 0 Å². The van der Waals surface area contributed by atoms with Crippen LogP contribution in [-0.2, 0) is 12.4 Å². The van der Waals surface area contributed by atoms with Gasteiger partial charge in [0.05, 0.1) is 0 Å². The summed E-state index contributed by atoms with van der Waals surface area (Å²) in [7, 11) is 0. The van der Waals surface area contributed by atoms with Crippen molar-refractivity contribution < 1.29 is 0 Å². The highest BCUT2D eigenvalue weighted by atomic mass is 79.9. The first-order valence-electron chi connectivity index (χ1n) is 5.74. The topological polar surface area (TPSA) is 4.93 Å². The molecule has 98 valence electrons. The Kier molecular flexibility index (Phi) is 8.23. The van der Waals surface area contributed by atoms with Gasteiger partial charge < -0.3 is 4.57 Å². The van der Waals surface area contributed by atoms with E-state index in [1.807, 2.05) is 36.4 Å². The number of alkyl halides is 2. The number of rotatable bonds is 4. The van der Waals surface area contributed by atoms with E-state index in [2.05, 4.69) is 32.9 Å². The zero-order chi connectivity index (χ0) is 13.2. The molecule has 0 bridgehead atoms. The summed E-state index contributed by atoms with van der Waals surface area (Å²) in [4.78, 5) is 0. The van der Waals surface area contributed by atoms with E-state index < -0.39 is 0 Å². The van der Waals surface area contributed by atoms with Crippen LogP contribution in [0.4, 0.5) is 0 Å². The van der Waals surface area contributed by atoms with Gasteiger partial charge in [0.2, 0.25) is 0 Å². The monoisotopic (exact) mass is 347 g/mol. The minimum Gasteiger partial charge on any atom is -0.354 e. The van der Waals surface area contributed by atoms with E-state index in [-0.39, 0.29) is 0 Å². The highest BCUT2D eigenvalue weighted by Gasteiger charge is 1.93. The van der Waals surface area contributed by atoms with Crippen LogP contribution in [-0.4, -0.2) is 9.90 Å². The third-order valence-corrected chi connectivity index (χ3v) is 3.54. The zero-order valence-electron chi connectivity index (χ0n) is 10.0. The molecule has 0 amide bonds. The van der Waals surface area contributed by atoms with E-state index in [0.717, 1.165) is 22.5 Å². The summed E-state index contributed by atoms with van der Waals surface area (Å²) in [5, 5.41) is 1.83. The molecule has 0 aliphatic heterocycles. The van der Waals surface area contributed by atoms with Crippen LogP contribution in [0.1, 0.15) is 12.0 Å². The van der Waals surface area contributed by atoms with Crippen molar-refractivity contribution in [2.75, 3.05) is 5.33 Å². The maximum absolute atomic E-state index is 5.74. The van der Waals surface area contributed by atoms with E-state index in [4.69, 9.17) is 23.2 Å². The van der Waals surface area contributed by atoms with E-state index in [0.29, 0.717) is 5.88 Å². The molecule has 1 heterocycles. The smallest absolute Gasteiger partial charge is 0.0488 e. The number of aryl methyl sites for hydroxylation is 1. The van der Waals surface area contributed by atoms with Crippen molar-refractivity contribution in [1.29, 1.82) is 0 Å². The van der Waals surface area contributed by atoms with Crippen molar-refractivity contribution in [1.82, 2.24) is 4.57 Å². The Morgan fingerprint density at radius 2 is 1.72 bits per heavy atom. The Bertz CT molecular complexity index is 429. The van der Waals surface area contributed by atoms with Crippen molar-refractivity contribution in [2.45, 2.75) is 18.8 Å². The molecule has 0 atom stereocenters. The van der Waals surface area contributed by atoms with Gasteiger partial charge in [0.15, 0.2) is 0 Å². The third-order valence-electron chi connectivity index (χ3n) is 2.32. The first kappa shape index (κ1) is 15.6. The molecule has 2 rings (SSSR count). The first-order valence-corrected chi connectivity index (χ1v) is 7.77. The third kappa shape index (κ3) is 5.94. The van der Waals surface area contributed by atoms with Crippen molar-refractivity contribution in [3.8, 4) is 0 Å². The minimum atomic E-state index is 0.486. The first-order chi connectivity index (χ1) is 8.77. The van der Waals surface area contributed by atoms with Crippen LogP contribution in [0.25, 0.3) is 0 Å². The normalized spacial score (nSPS) is 9.72. The van der Waals surface area contributed by atoms with Crippen molar-refractivity contribution >= 4 is 39.1 Å². The number of benzene rings is 1. The van der Waals surface area contributed by atoms with Crippen molar-refractivity contribution in [3.05, 3.63) is 59.4 Å². The summed E-state index contributed by atoms with van der Waals surface area (Å²) in [5.41, 5.74) is 0.987. The highest BCUT2D eigenvalue weighted by Crippen LogP contribution is 2.15. The van der Waals surface area contributed by atoms with Crippen molar-refractivity contribution in [3.63, 3.8) is 0 Å². The Hall–Kier alpha value is -0.440. The van der Waals surface area contributed by atoms with Crippen molar-refractivity contribution in [2.24, 2.45) is 0 Å². The Morgan fingerprint density at radius 3 is 2.22 bits per heavy atom. The Morgan fingerprint density at radius 1 is 1.06 bits per heavy atom. The summed E-state index contributed by atoms with van der Waals surface area (Å²) >= 11 is 14.7. The molecule has 1 nitrogen and oxygen atoms in total. The van der Waals surface area contributed by atoms with Crippen LogP contribution < -0.4 is 0 Å². The zero-order valence-corrected chi connectivity index (χ0v) is 13.1. The van der Waals surface area contributed by atoms with Gasteiger partial charge in [-0.1, -0.05) is 45.7 Å². The molecule has 0 spiro atoms. The van der Waals surface area contributed by atoms with Crippen LogP contribution in [0.15, 0.2) is 48.8 Å². The molecular formula is C14H16BrCl2N. The molecule has 1 aromatic carbocycles. The lowest BCUT2D eigenvalue weighted by Gasteiger charge is -1.97. The second-order valence-corrected chi connectivity index (χ2v) is 5.16. The summed E-state index contributed by atoms with van der Waals surface area (Å²) in [6.45, 7) is 1.12. The summed E-state index contributed by atoms with van der Waals surface area (Å²) < 4.78 is 2.18. The molecule has 0 N–H and O–H groups in total. The van der Waals surface area contributed by atoms with Crippen LogP contribution >= 0.6 is 39.1 Å². The van der Waals surface area contributed by atoms with Crippen LogP contribution in [0.2, 0.25) is 5.02 Å². The summed E-state index contributed by atoms with van der Waals surface area (Å²) in [5.74, 6) is 0.486. The molecule has 0 aliphatic carbocycles. The Balaban J connectivity index is 0.000000180.